The lowest BCUT2D eigenvalue weighted by molar-refractivity contribution is 0.111. The summed E-state index contributed by atoms with van der Waals surface area (Å²) in [6.07, 6.45) is 6.52. The summed E-state index contributed by atoms with van der Waals surface area (Å²) in [6, 6.07) is 1.82. The minimum Gasteiger partial charge on any atom is -0.453 e. The van der Waals surface area contributed by atoms with E-state index in [-0.39, 0.29) is 12.2 Å². The maximum Gasteiger partial charge on any atom is 0.231 e. The van der Waals surface area contributed by atoms with E-state index in [9.17, 15) is 4.79 Å². The molecule has 1 aliphatic heterocycles. The topological polar surface area (TPSA) is 61.6 Å². The van der Waals surface area contributed by atoms with Crippen LogP contribution in [-0.2, 0) is 5.41 Å². The van der Waals surface area contributed by atoms with E-state index in [1.165, 1.54) is 19.3 Å². The van der Waals surface area contributed by atoms with Gasteiger partial charge in [0, 0.05) is 22.0 Å². The molecule has 0 aromatic heterocycles. The van der Waals surface area contributed by atoms with Gasteiger partial charge in [-0.2, -0.15) is 0 Å². The molecule has 1 fully saturated rings. The molecule has 20 heavy (non-hydrogen) atoms. The van der Waals surface area contributed by atoms with Gasteiger partial charge in [-0.05, 0) is 18.9 Å². The van der Waals surface area contributed by atoms with E-state index in [1.807, 2.05) is 6.07 Å². The number of fused-ring (bicyclic) bond motifs is 1. The minimum atomic E-state index is -0.0731. The van der Waals surface area contributed by atoms with Crippen LogP contribution in [0.1, 0.15) is 48.0 Å². The van der Waals surface area contributed by atoms with E-state index in [2.05, 4.69) is 15.9 Å². The van der Waals surface area contributed by atoms with Crippen molar-refractivity contribution in [2.75, 3.05) is 13.3 Å². The van der Waals surface area contributed by atoms with Crippen LogP contribution >= 0.6 is 15.9 Å². The maximum absolute atomic E-state index is 11.2. The lowest BCUT2D eigenvalue weighted by Crippen LogP contribution is -2.37. The fraction of sp³-hybridized carbons (Fsp3) is 0.533. The summed E-state index contributed by atoms with van der Waals surface area (Å²) in [5, 5.41) is 0. The average molecular weight is 340 g/mol. The molecule has 4 nitrogen and oxygen atoms in total. The Labute approximate surface area is 126 Å². The van der Waals surface area contributed by atoms with Crippen LogP contribution in [0.3, 0.4) is 0 Å². The number of nitrogens with two attached hydrogens (primary N) is 1. The monoisotopic (exact) mass is 339 g/mol. The Morgan fingerprint density at radius 2 is 1.95 bits per heavy atom. The Bertz CT molecular complexity index is 538. The molecule has 3 rings (SSSR count). The first-order valence-corrected chi connectivity index (χ1v) is 7.79. The summed E-state index contributed by atoms with van der Waals surface area (Å²) >= 11 is 3.60. The molecule has 0 spiro atoms. The van der Waals surface area contributed by atoms with Crippen molar-refractivity contribution in [3.63, 3.8) is 0 Å². The Hall–Kier alpha value is -1.07. The molecule has 1 aromatic carbocycles. The van der Waals surface area contributed by atoms with Crippen molar-refractivity contribution >= 4 is 22.2 Å². The van der Waals surface area contributed by atoms with Crippen molar-refractivity contribution in [2.45, 2.75) is 37.5 Å². The zero-order chi connectivity index (χ0) is 14.2. The van der Waals surface area contributed by atoms with Crippen molar-refractivity contribution < 1.29 is 14.3 Å². The highest BCUT2D eigenvalue weighted by molar-refractivity contribution is 9.10. The molecule has 1 heterocycles. The third kappa shape index (κ3) is 2.04. The van der Waals surface area contributed by atoms with Crippen LogP contribution in [0.5, 0.6) is 11.5 Å². The number of rotatable bonds is 3. The van der Waals surface area contributed by atoms with Gasteiger partial charge in [0.2, 0.25) is 6.79 Å². The maximum atomic E-state index is 11.2. The number of hydrogen-bond donors (Lipinski definition) is 1. The zero-order valence-electron chi connectivity index (χ0n) is 11.3. The van der Waals surface area contributed by atoms with Crippen molar-refractivity contribution in [1.82, 2.24) is 0 Å². The van der Waals surface area contributed by atoms with Crippen LogP contribution in [0.4, 0.5) is 0 Å². The summed E-state index contributed by atoms with van der Waals surface area (Å²) in [5.74, 6) is 1.27. The molecule has 1 aromatic rings. The molecular weight excluding hydrogens is 322 g/mol. The lowest BCUT2D eigenvalue weighted by atomic mass is 9.69. The minimum absolute atomic E-state index is 0.0731. The van der Waals surface area contributed by atoms with Crippen LogP contribution in [0, 0.1) is 0 Å². The Balaban J connectivity index is 2.18. The zero-order valence-corrected chi connectivity index (χ0v) is 12.9. The normalized spacial score (nSPS) is 19.9. The number of benzene rings is 1. The first-order valence-electron chi connectivity index (χ1n) is 7.00. The van der Waals surface area contributed by atoms with Gasteiger partial charge in [-0.3, -0.25) is 4.79 Å². The first-order chi connectivity index (χ1) is 9.72. The molecule has 0 unspecified atom stereocenters. The van der Waals surface area contributed by atoms with Crippen molar-refractivity contribution in [2.24, 2.45) is 5.73 Å². The van der Waals surface area contributed by atoms with Crippen molar-refractivity contribution in [3.8, 4) is 11.5 Å². The van der Waals surface area contributed by atoms with Gasteiger partial charge in [-0.25, -0.2) is 0 Å². The molecule has 108 valence electrons. The summed E-state index contributed by atoms with van der Waals surface area (Å²) in [6.45, 7) is 0.752. The van der Waals surface area contributed by atoms with E-state index < -0.39 is 0 Å². The number of ether oxygens (including phenoxy) is 2. The second-order valence-electron chi connectivity index (χ2n) is 5.55. The van der Waals surface area contributed by atoms with Gasteiger partial charge in [-0.15, -0.1) is 0 Å². The number of aldehydes is 1. The molecule has 1 saturated carbocycles. The predicted molar refractivity (Wildman–Crippen MR) is 79.5 cm³/mol. The molecule has 0 bridgehead atoms. The van der Waals surface area contributed by atoms with Crippen molar-refractivity contribution in [1.29, 1.82) is 0 Å². The summed E-state index contributed by atoms with van der Waals surface area (Å²) in [5.41, 5.74) is 7.65. The smallest absolute Gasteiger partial charge is 0.231 e. The molecule has 0 saturated heterocycles. The molecular formula is C15H18BrNO3. The molecule has 0 atom stereocenters. The highest BCUT2D eigenvalue weighted by Crippen LogP contribution is 2.51. The first kappa shape index (κ1) is 13.9. The Kier molecular flexibility index (Phi) is 3.73. The van der Waals surface area contributed by atoms with Gasteiger partial charge >= 0.3 is 0 Å². The van der Waals surface area contributed by atoms with Gasteiger partial charge in [0.1, 0.15) is 0 Å². The average Bonchev–Trinajstić information content (AvgIpc) is 2.96. The number of carbonyl (C=O) groups excluding carboxylic acids is 1. The van der Waals surface area contributed by atoms with Crippen LogP contribution < -0.4 is 15.2 Å². The summed E-state index contributed by atoms with van der Waals surface area (Å²) in [7, 11) is 0. The SMILES string of the molecule is NCC1(c2c(Br)cc(C=O)c3c2OCO3)CCCCC1. The quantitative estimate of drug-likeness (QED) is 0.859. The van der Waals surface area contributed by atoms with Crippen molar-refractivity contribution in [3.05, 3.63) is 21.7 Å². The summed E-state index contributed by atoms with van der Waals surface area (Å²) < 4.78 is 12.0. The van der Waals surface area contributed by atoms with E-state index in [0.717, 1.165) is 29.2 Å². The fourth-order valence-corrected chi connectivity index (χ4v) is 4.27. The molecule has 0 amide bonds. The molecule has 0 radical (unpaired) electrons. The molecule has 2 N–H and O–H groups in total. The second-order valence-corrected chi connectivity index (χ2v) is 6.40. The van der Waals surface area contributed by atoms with Crippen LogP contribution in [0.25, 0.3) is 0 Å². The summed E-state index contributed by atoms with van der Waals surface area (Å²) in [4.78, 5) is 11.2. The lowest BCUT2D eigenvalue weighted by Gasteiger charge is -2.38. The second kappa shape index (κ2) is 5.37. The third-order valence-corrected chi connectivity index (χ3v) is 5.11. The van der Waals surface area contributed by atoms with Gasteiger partial charge < -0.3 is 15.2 Å². The van der Waals surface area contributed by atoms with E-state index in [0.29, 0.717) is 23.6 Å². The highest BCUT2D eigenvalue weighted by Gasteiger charge is 2.40. The largest absolute Gasteiger partial charge is 0.453 e. The van der Waals surface area contributed by atoms with Crippen LogP contribution in [-0.4, -0.2) is 19.6 Å². The fourth-order valence-electron chi connectivity index (χ4n) is 3.43. The molecule has 2 aliphatic rings. The van der Waals surface area contributed by atoms with Gasteiger partial charge in [0.25, 0.3) is 0 Å². The van der Waals surface area contributed by atoms with Gasteiger partial charge in [-0.1, -0.05) is 35.2 Å². The van der Waals surface area contributed by atoms with E-state index in [4.69, 9.17) is 15.2 Å². The molecule has 1 aliphatic carbocycles. The predicted octanol–water partition coefficient (Wildman–Crippen LogP) is 3.15. The van der Waals surface area contributed by atoms with Crippen LogP contribution in [0.15, 0.2) is 10.5 Å². The molecule has 5 heteroatoms. The Morgan fingerprint density at radius 3 is 2.60 bits per heavy atom. The number of hydrogen-bond acceptors (Lipinski definition) is 4. The highest BCUT2D eigenvalue weighted by atomic mass is 79.9. The van der Waals surface area contributed by atoms with E-state index >= 15 is 0 Å². The number of carbonyl (C=O) groups is 1. The third-order valence-electron chi connectivity index (χ3n) is 4.48. The van der Waals surface area contributed by atoms with Gasteiger partial charge in [0.05, 0.1) is 5.56 Å². The van der Waals surface area contributed by atoms with Crippen LogP contribution in [0.2, 0.25) is 0 Å². The van der Waals surface area contributed by atoms with Gasteiger partial charge in [0.15, 0.2) is 17.8 Å². The number of halogens is 1. The standard InChI is InChI=1S/C15H18BrNO3/c16-11-6-10(7-18)13-14(20-9-19-13)12(11)15(8-17)4-2-1-3-5-15/h6-7H,1-5,8-9,17H2. The van der Waals surface area contributed by atoms with E-state index in [1.54, 1.807) is 0 Å². The Morgan fingerprint density at radius 1 is 1.25 bits per heavy atom.